The molecule has 1 aliphatic heterocycles. The second kappa shape index (κ2) is 6.95. The Balaban J connectivity index is 2.13. The summed E-state index contributed by atoms with van der Waals surface area (Å²) >= 11 is 0. The second-order valence-corrected chi connectivity index (χ2v) is 5.41. The van der Waals surface area contributed by atoms with Crippen LogP contribution in [0.4, 0.5) is 0 Å². The Hall–Kier alpha value is -1.26. The van der Waals surface area contributed by atoms with Gasteiger partial charge in [-0.15, -0.1) is 0 Å². The van der Waals surface area contributed by atoms with E-state index in [-0.39, 0.29) is 6.04 Å². The van der Waals surface area contributed by atoms with Crippen LogP contribution in [0.3, 0.4) is 0 Å². The number of ether oxygens (including phenoxy) is 2. The van der Waals surface area contributed by atoms with Crippen molar-refractivity contribution in [2.24, 2.45) is 5.73 Å². The van der Waals surface area contributed by atoms with E-state index in [2.05, 4.69) is 11.8 Å². The standard InChI is InChI=1S/C16H26N2O2/c1-4-12-6-5-9-18(12)11-15(17)14-10-13(19-2)7-8-16(14)20-3/h7-8,10,12,15H,4-6,9,11,17H2,1-3H3. The topological polar surface area (TPSA) is 47.7 Å². The third kappa shape index (κ3) is 3.25. The minimum Gasteiger partial charge on any atom is -0.497 e. The van der Waals surface area contributed by atoms with Crippen LogP contribution in [0, 0.1) is 0 Å². The molecular formula is C16H26N2O2. The molecule has 0 bridgehead atoms. The van der Waals surface area contributed by atoms with Crippen molar-refractivity contribution >= 4 is 0 Å². The van der Waals surface area contributed by atoms with Gasteiger partial charge in [0.1, 0.15) is 11.5 Å². The van der Waals surface area contributed by atoms with Crippen LogP contribution in [0.1, 0.15) is 37.8 Å². The molecule has 0 radical (unpaired) electrons. The second-order valence-electron chi connectivity index (χ2n) is 5.41. The molecule has 1 aromatic rings. The van der Waals surface area contributed by atoms with E-state index in [1.807, 2.05) is 18.2 Å². The van der Waals surface area contributed by atoms with E-state index in [0.29, 0.717) is 6.04 Å². The van der Waals surface area contributed by atoms with E-state index in [9.17, 15) is 0 Å². The minimum atomic E-state index is -0.0489. The maximum absolute atomic E-state index is 6.41. The first-order valence-corrected chi connectivity index (χ1v) is 7.41. The monoisotopic (exact) mass is 278 g/mol. The van der Waals surface area contributed by atoms with Gasteiger partial charge in [-0.05, 0) is 44.0 Å². The maximum Gasteiger partial charge on any atom is 0.123 e. The van der Waals surface area contributed by atoms with Crippen LogP contribution in [0.5, 0.6) is 11.5 Å². The Labute approximate surface area is 121 Å². The zero-order valence-electron chi connectivity index (χ0n) is 12.8. The van der Waals surface area contributed by atoms with Crippen molar-refractivity contribution in [3.63, 3.8) is 0 Å². The van der Waals surface area contributed by atoms with Gasteiger partial charge in [-0.25, -0.2) is 0 Å². The molecule has 0 saturated carbocycles. The van der Waals surface area contributed by atoms with Crippen molar-refractivity contribution in [1.82, 2.24) is 4.90 Å². The highest BCUT2D eigenvalue weighted by Crippen LogP contribution is 2.30. The smallest absolute Gasteiger partial charge is 0.123 e. The van der Waals surface area contributed by atoms with Gasteiger partial charge in [-0.3, -0.25) is 4.90 Å². The quantitative estimate of drug-likeness (QED) is 0.869. The predicted molar refractivity (Wildman–Crippen MR) is 81.4 cm³/mol. The number of benzene rings is 1. The van der Waals surface area contributed by atoms with E-state index in [1.54, 1.807) is 14.2 Å². The summed E-state index contributed by atoms with van der Waals surface area (Å²) in [7, 11) is 3.35. The molecule has 1 saturated heterocycles. The first-order chi connectivity index (χ1) is 9.69. The summed E-state index contributed by atoms with van der Waals surface area (Å²) in [5, 5.41) is 0. The normalized spacial score (nSPS) is 20.9. The highest BCUT2D eigenvalue weighted by molar-refractivity contribution is 5.42. The van der Waals surface area contributed by atoms with E-state index in [0.717, 1.165) is 30.2 Å². The fourth-order valence-corrected chi connectivity index (χ4v) is 3.08. The van der Waals surface area contributed by atoms with Crippen molar-refractivity contribution in [3.8, 4) is 11.5 Å². The number of methoxy groups -OCH3 is 2. The fourth-order valence-electron chi connectivity index (χ4n) is 3.08. The van der Waals surface area contributed by atoms with Gasteiger partial charge in [0.05, 0.1) is 14.2 Å². The largest absolute Gasteiger partial charge is 0.497 e. The molecule has 0 aliphatic carbocycles. The molecule has 112 valence electrons. The van der Waals surface area contributed by atoms with E-state index < -0.39 is 0 Å². The fraction of sp³-hybridized carbons (Fsp3) is 0.625. The molecule has 2 rings (SSSR count). The number of likely N-dealkylation sites (tertiary alicyclic amines) is 1. The summed E-state index contributed by atoms with van der Waals surface area (Å²) < 4.78 is 10.7. The van der Waals surface area contributed by atoms with Crippen LogP contribution in [0.15, 0.2) is 18.2 Å². The molecule has 4 heteroatoms. The van der Waals surface area contributed by atoms with Crippen molar-refractivity contribution in [2.45, 2.75) is 38.3 Å². The van der Waals surface area contributed by atoms with Gasteiger partial charge in [0.15, 0.2) is 0 Å². The number of rotatable bonds is 6. The average molecular weight is 278 g/mol. The average Bonchev–Trinajstić information content (AvgIpc) is 2.93. The van der Waals surface area contributed by atoms with Gasteiger partial charge in [0.2, 0.25) is 0 Å². The molecule has 1 heterocycles. The van der Waals surface area contributed by atoms with Crippen LogP contribution < -0.4 is 15.2 Å². The number of hydrogen-bond acceptors (Lipinski definition) is 4. The highest BCUT2D eigenvalue weighted by atomic mass is 16.5. The molecule has 1 aromatic carbocycles. The third-order valence-electron chi connectivity index (χ3n) is 4.24. The van der Waals surface area contributed by atoms with Gasteiger partial charge >= 0.3 is 0 Å². The summed E-state index contributed by atoms with van der Waals surface area (Å²) in [5.41, 5.74) is 7.44. The molecule has 1 aliphatic rings. The Morgan fingerprint density at radius 2 is 2.15 bits per heavy atom. The lowest BCUT2D eigenvalue weighted by molar-refractivity contribution is 0.232. The Morgan fingerprint density at radius 3 is 2.80 bits per heavy atom. The van der Waals surface area contributed by atoms with E-state index >= 15 is 0 Å². The number of hydrogen-bond donors (Lipinski definition) is 1. The van der Waals surface area contributed by atoms with Crippen molar-refractivity contribution in [1.29, 1.82) is 0 Å². The highest BCUT2D eigenvalue weighted by Gasteiger charge is 2.25. The molecule has 2 atom stereocenters. The summed E-state index contributed by atoms with van der Waals surface area (Å²) in [5.74, 6) is 1.66. The molecular weight excluding hydrogens is 252 g/mol. The Morgan fingerprint density at radius 1 is 1.35 bits per heavy atom. The molecule has 0 amide bonds. The summed E-state index contributed by atoms with van der Waals surface area (Å²) in [6.45, 7) is 4.28. The summed E-state index contributed by atoms with van der Waals surface area (Å²) in [4.78, 5) is 2.50. The summed E-state index contributed by atoms with van der Waals surface area (Å²) in [6, 6.07) is 6.44. The van der Waals surface area contributed by atoms with Gasteiger partial charge < -0.3 is 15.2 Å². The molecule has 2 unspecified atom stereocenters. The van der Waals surface area contributed by atoms with Crippen LogP contribution >= 0.6 is 0 Å². The number of nitrogens with zero attached hydrogens (tertiary/aromatic N) is 1. The van der Waals surface area contributed by atoms with Gasteiger partial charge in [0.25, 0.3) is 0 Å². The van der Waals surface area contributed by atoms with Crippen molar-refractivity contribution < 1.29 is 9.47 Å². The predicted octanol–water partition coefficient (Wildman–Crippen LogP) is 2.58. The molecule has 0 spiro atoms. The molecule has 20 heavy (non-hydrogen) atoms. The van der Waals surface area contributed by atoms with Crippen molar-refractivity contribution in [3.05, 3.63) is 23.8 Å². The van der Waals surface area contributed by atoms with Crippen LogP contribution in [0.25, 0.3) is 0 Å². The lowest BCUT2D eigenvalue weighted by Crippen LogP contribution is -2.35. The van der Waals surface area contributed by atoms with E-state index in [4.69, 9.17) is 15.2 Å². The zero-order chi connectivity index (χ0) is 14.5. The SMILES string of the molecule is CCC1CCCN1CC(N)c1cc(OC)ccc1OC. The number of nitrogens with two attached hydrogens (primary N) is 1. The summed E-state index contributed by atoms with van der Waals surface area (Å²) in [6.07, 6.45) is 3.76. The van der Waals surface area contributed by atoms with Crippen LogP contribution in [-0.4, -0.2) is 38.3 Å². The van der Waals surface area contributed by atoms with Gasteiger partial charge in [-0.1, -0.05) is 6.92 Å². The van der Waals surface area contributed by atoms with Gasteiger partial charge in [-0.2, -0.15) is 0 Å². The third-order valence-corrected chi connectivity index (χ3v) is 4.24. The lowest BCUT2D eigenvalue weighted by Gasteiger charge is -2.27. The lowest BCUT2D eigenvalue weighted by atomic mass is 10.0. The Kier molecular flexibility index (Phi) is 5.26. The minimum absolute atomic E-state index is 0.0489. The molecule has 0 aromatic heterocycles. The Bertz CT molecular complexity index is 436. The van der Waals surface area contributed by atoms with Crippen LogP contribution in [0.2, 0.25) is 0 Å². The maximum atomic E-state index is 6.41. The molecule has 1 fully saturated rings. The van der Waals surface area contributed by atoms with Gasteiger partial charge in [0, 0.05) is 24.2 Å². The molecule has 2 N–H and O–H groups in total. The van der Waals surface area contributed by atoms with E-state index in [1.165, 1.54) is 19.3 Å². The first kappa shape index (κ1) is 15.1. The van der Waals surface area contributed by atoms with Crippen LogP contribution in [-0.2, 0) is 0 Å². The zero-order valence-corrected chi connectivity index (χ0v) is 12.8. The molecule has 4 nitrogen and oxygen atoms in total. The first-order valence-electron chi connectivity index (χ1n) is 7.41. The van der Waals surface area contributed by atoms with Crippen molar-refractivity contribution in [2.75, 3.05) is 27.3 Å².